The van der Waals surface area contributed by atoms with Gasteiger partial charge < -0.3 is 0 Å². The Balaban J connectivity index is 1.75. The number of Topliss-reactive ketones (excluding diaryl/α,β-unsaturated/α-hetero) is 1. The van der Waals surface area contributed by atoms with Gasteiger partial charge in [-0.25, -0.2) is 12.7 Å². The minimum Gasteiger partial charge on any atom is -0.297 e. The maximum atomic E-state index is 13.1. The molecule has 0 unspecified atom stereocenters. The first kappa shape index (κ1) is 17.0. The lowest BCUT2D eigenvalue weighted by Gasteiger charge is -2.34. The van der Waals surface area contributed by atoms with Crippen LogP contribution in [0, 0.1) is 12.3 Å². The summed E-state index contributed by atoms with van der Waals surface area (Å²) in [6.07, 6.45) is 0.349. The number of benzene rings is 2. The quantitative estimate of drug-likeness (QED) is 0.833. The van der Waals surface area contributed by atoms with Gasteiger partial charge in [0.2, 0.25) is 5.91 Å². The van der Waals surface area contributed by atoms with Gasteiger partial charge in [0.05, 0.1) is 22.3 Å². The van der Waals surface area contributed by atoms with Crippen molar-refractivity contribution in [3.8, 4) is 0 Å². The molecular weight excluding hydrogens is 350 g/mol. The molecule has 4 rings (SSSR count). The van der Waals surface area contributed by atoms with Crippen LogP contribution in [0.15, 0.2) is 59.5 Å². The predicted molar refractivity (Wildman–Crippen MR) is 95.9 cm³/mol. The van der Waals surface area contributed by atoms with Crippen molar-refractivity contribution in [1.29, 1.82) is 0 Å². The third-order valence-corrected chi connectivity index (χ3v) is 7.52. The second-order valence-corrected chi connectivity index (χ2v) is 9.20. The molecular formula is C20H19NO4S. The molecule has 1 aliphatic carbocycles. The topological polar surface area (TPSA) is 71.5 Å². The van der Waals surface area contributed by atoms with Crippen molar-refractivity contribution in [2.24, 2.45) is 5.41 Å². The van der Waals surface area contributed by atoms with E-state index in [4.69, 9.17) is 0 Å². The largest absolute Gasteiger partial charge is 0.297 e. The molecule has 1 saturated heterocycles. The highest BCUT2D eigenvalue weighted by molar-refractivity contribution is 7.89. The summed E-state index contributed by atoms with van der Waals surface area (Å²) in [7, 11) is -4.05. The predicted octanol–water partition coefficient (Wildman–Crippen LogP) is 2.44. The lowest BCUT2D eigenvalue weighted by molar-refractivity contribution is -0.141. The second kappa shape index (κ2) is 5.27. The van der Waals surface area contributed by atoms with Crippen LogP contribution in [0.5, 0.6) is 0 Å². The standard InChI is InChI=1S/C20H19NO4S/c1-14-8-10-16(11-9-14)26(24,25)21-12-17(22)20(13-19(20,2)18(21)23)15-6-4-3-5-7-15/h3-11H,12-13H2,1-2H3/t19-,20-/m0/s1. The molecule has 1 aliphatic heterocycles. The average Bonchev–Trinajstić information content (AvgIpc) is 3.29. The van der Waals surface area contributed by atoms with Gasteiger partial charge >= 0.3 is 0 Å². The first-order valence-corrected chi connectivity index (χ1v) is 9.90. The number of hydrogen-bond donors (Lipinski definition) is 0. The first-order valence-electron chi connectivity index (χ1n) is 8.46. The Hall–Kier alpha value is -2.47. The van der Waals surface area contributed by atoms with Gasteiger partial charge in [-0.15, -0.1) is 0 Å². The molecule has 2 atom stereocenters. The number of hydrogen-bond acceptors (Lipinski definition) is 4. The van der Waals surface area contributed by atoms with E-state index in [9.17, 15) is 18.0 Å². The van der Waals surface area contributed by atoms with Gasteiger partial charge in [0, 0.05) is 0 Å². The molecule has 2 aliphatic rings. The van der Waals surface area contributed by atoms with E-state index in [0.29, 0.717) is 6.42 Å². The highest BCUT2D eigenvalue weighted by Crippen LogP contribution is 2.67. The zero-order valence-electron chi connectivity index (χ0n) is 14.6. The van der Waals surface area contributed by atoms with E-state index in [1.54, 1.807) is 19.1 Å². The van der Waals surface area contributed by atoms with Gasteiger partial charge in [0.1, 0.15) is 0 Å². The highest BCUT2D eigenvalue weighted by Gasteiger charge is 2.77. The number of ketones is 1. The lowest BCUT2D eigenvalue weighted by atomic mass is 9.80. The number of carbonyl (C=O) groups excluding carboxylic acids is 2. The molecule has 6 heteroatoms. The van der Waals surface area contributed by atoms with Crippen molar-refractivity contribution >= 4 is 21.7 Å². The maximum absolute atomic E-state index is 13.1. The minimum atomic E-state index is -4.05. The van der Waals surface area contributed by atoms with Gasteiger partial charge in [-0.2, -0.15) is 0 Å². The average molecular weight is 369 g/mol. The summed E-state index contributed by atoms with van der Waals surface area (Å²) >= 11 is 0. The van der Waals surface area contributed by atoms with E-state index >= 15 is 0 Å². The van der Waals surface area contributed by atoms with Crippen LogP contribution in [0.2, 0.25) is 0 Å². The van der Waals surface area contributed by atoms with Crippen LogP contribution in [-0.4, -0.2) is 31.0 Å². The molecule has 1 saturated carbocycles. The van der Waals surface area contributed by atoms with Crippen LogP contribution in [0.3, 0.4) is 0 Å². The van der Waals surface area contributed by atoms with Crippen LogP contribution in [0.4, 0.5) is 0 Å². The summed E-state index contributed by atoms with van der Waals surface area (Å²) in [6.45, 7) is 3.13. The Morgan fingerprint density at radius 2 is 1.58 bits per heavy atom. The number of nitrogens with zero attached hydrogens (tertiary/aromatic N) is 1. The van der Waals surface area contributed by atoms with Gasteiger partial charge in [0.25, 0.3) is 10.0 Å². The Labute approximate surface area is 152 Å². The normalized spacial score (nSPS) is 28.0. The highest BCUT2D eigenvalue weighted by atomic mass is 32.2. The van der Waals surface area contributed by atoms with E-state index < -0.39 is 33.3 Å². The fraction of sp³-hybridized carbons (Fsp3) is 0.300. The molecule has 2 aromatic carbocycles. The third kappa shape index (κ3) is 2.05. The molecule has 1 amide bonds. The Morgan fingerprint density at radius 3 is 2.19 bits per heavy atom. The summed E-state index contributed by atoms with van der Waals surface area (Å²) in [4.78, 5) is 26.1. The monoisotopic (exact) mass is 369 g/mol. The molecule has 1 heterocycles. The van der Waals surface area contributed by atoms with Crippen molar-refractivity contribution in [2.75, 3.05) is 6.54 Å². The second-order valence-electron chi connectivity index (χ2n) is 7.33. The Morgan fingerprint density at radius 1 is 0.962 bits per heavy atom. The molecule has 2 fully saturated rings. The third-order valence-electron chi connectivity index (χ3n) is 5.77. The number of sulfonamides is 1. The van der Waals surface area contributed by atoms with Crippen LogP contribution < -0.4 is 0 Å². The van der Waals surface area contributed by atoms with Crippen LogP contribution >= 0.6 is 0 Å². The number of carbonyl (C=O) groups is 2. The van der Waals surface area contributed by atoms with Gasteiger partial charge in [0.15, 0.2) is 5.78 Å². The molecule has 0 aromatic heterocycles. The molecule has 0 N–H and O–H groups in total. The summed E-state index contributed by atoms with van der Waals surface area (Å²) in [5.74, 6) is -0.719. The summed E-state index contributed by atoms with van der Waals surface area (Å²) in [5.41, 5.74) is -0.206. The Bertz CT molecular complexity index is 1010. The zero-order valence-corrected chi connectivity index (χ0v) is 15.4. The van der Waals surface area contributed by atoms with E-state index in [1.165, 1.54) is 12.1 Å². The van der Waals surface area contributed by atoms with Crippen LogP contribution in [0.1, 0.15) is 24.5 Å². The van der Waals surface area contributed by atoms with E-state index in [2.05, 4.69) is 0 Å². The fourth-order valence-corrected chi connectivity index (χ4v) is 5.54. The number of fused-ring (bicyclic) bond motifs is 1. The molecule has 0 bridgehead atoms. The molecule has 0 radical (unpaired) electrons. The van der Waals surface area contributed by atoms with Crippen LogP contribution in [-0.2, 0) is 25.0 Å². The van der Waals surface area contributed by atoms with Crippen molar-refractivity contribution < 1.29 is 18.0 Å². The van der Waals surface area contributed by atoms with Crippen LogP contribution in [0.25, 0.3) is 0 Å². The van der Waals surface area contributed by atoms with Gasteiger partial charge in [-0.3, -0.25) is 9.59 Å². The number of rotatable bonds is 3. The van der Waals surface area contributed by atoms with E-state index in [-0.39, 0.29) is 10.7 Å². The van der Waals surface area contributed by atoms with Gasteiger partial charge in [-0.05, 0) is 38.0 Å². The number of amides is 1. The van der Waals surface area contributed by atoms with Crippen molar-refractivity contribution in [3.63, 3.8) is 0 Å². The fourth-order valence-electron chi connectivity index (χ4n) is 4.10. The molecule has 2 aromatic rings. The van der Waals surface area contributed by atoms with E-state index in [1.807, 2.05) is 37.3 Å². The van der Waals surface area contributed by atoms with Crippen molar-refractivity contribution in [1.82, 2.24) is 4.31 Å². The number of aryl methyl sites for hydroxylation is 1. The molecule has 26 heavy (non-hydrogen) atoms. The lowest BCUT2D eigenvalue weighted by Crippen LogP contribution is -2.53. The summed E-state index contributed by atoms with van der Waals surface area (Å²) in [5, 5.41) is 0. The minimum absolute atomic E-state index is 0.0284. The van der Waals surface area contributed by atoms with Gasteiger partial charge in [-0.1, -0.05) is 48.0 Å². The van der Waals surface area contributed by atoms with E-state index in [0.717, 1.165) is 15.4 Å². The maximum Gasteiger partial charge on any atom is 0.266 e. The molecule has 134 valence electrons. The van der Waals surface area contributed by atoms with Crippen molar-refractivity contribution in [2.45, 2.75) is 30.6 Å². The molecule has 0 spiro atoms. The zero-order chi connectivity index (χ0) is 18.7. The molecule has 5 nitrogen and oxygen atoms in total. The first-order chi connectivity index (χ1) is 12.2. The smallest absolute Gasteiger partial charge is 0.266 e. The summed E-state index contributed by atoms with van der Waals surface area (Å²) in [6, 6.07) is 15.5. The number of piperidine rings is 1. The SMILES string of the molecule is Cc1ccc(S(=O)(=O)N2CC(=O)[C@@]3(c4ccccc4)C[C@@]3(C)C2=O)cc1. The van der Waals surface area contributed by atoms with Crippen molar-refractivity contribution in [3.05, 3.63) is 65.7 Å². The summed E-state index contributed by atoms with van der Waals surface area (Å²) < 4.78 is 26.7. The Kier molecular flexibility index (Phi) is 3.44.